The summed E-state index contributed by atoms with van der Waals surface area (Å²) in [6.07, 6.45) is 32.1. The molecule has 0 aliphatic carbocycles. The van der Waals surface area contributed by atoms with E-state index in [1.807, 2.05) is 34.6 Å². The first kappa shape index (κ1) is 86.5. The van der Waals surface area contributed by atoms with E-state index in [9.17, 15) is 19.2 Å². The lowest BCUT2D eigenvalue weighted by atomic mass is 9.83. The zero-order chi connectivity index (χ0) is 69.5. The van der Waals surface area contributed by atoms with E-state index in [1.165, 1.54) is 103 Å². The first-order chi connectivity index (χ1) is 44.1. The minimum atomic E-state index is -0.999. The molecule has 0 spiro atoms. The maximum atomic E-state index is 12.7. The van der Waals surface area contributed by atoms with Crippen molar-refractivity contribution >= 4 is 23.8 Å². The molecule has 2 aromatic carbocycles. The maximum absolute atomic E-state index is 12.7. The van der Waals surface area contributed by atoms with Crippen molar-refractivity contribution in [3.8, 4) is 23.0 Å². The quantitative estimate of drug-likeness (QED) is 0.0141. The Hall–Kier alpha value is -5.50. The number of nitrogens with zero attached hydrogens (tertiary/aromatic N) is 6. The van der Waals surface area contributed by atoms with Crippen molar-refractivity contribution in [2.75, 3.05) is 26.2 Å². The summed E-state index contributed by atoms with van der Waals surface area (Å²) < 4.78 is 24.9. The number of carbonyl (C=O) groups is 4. The van der Waals surface area contributed by atoms with Crippen molar-refractivity contribution in [3.05, 3.63) is 65.4 Å². The molecule has 2 heterocycles. The van der Waals surface area contributed by atoms with Crippen molar-refractivity contribution in [2.24, 2.45) is 51.5 Å². The Labute approximate surface area is 570 Å². The van der Waals surface area contributed by atoms with E-state index in [2.05, 4.69) is 102 Å². The van der Waals surface area contributed by atoms with E-state index in [-0.39, 0.29) is 50.2 Å². The summed E-state index contributed by atoms with van der Waals surface area (Å²) in [5, 5.41) is 18.6. The van der Waals surface area contributed by atoms with E-state index < -0.39 is 17.9 Å². The number of carboxylic acid groups (broad SMARTS) is 1. The van der Waals surface area contributed by atoms with Crippen LogP contribution in [0, 0.1) is 77.0 Å². The van der Waals surface area contributed by atoms with Gasteiger partial charge in [-0.2, -0.15) is 0 Å². The van der Waals surface area contributed by atoms with Crippen LogP contribution in [0.5, 0.6) is 23.0 Å². The number of rotatable bonds is 43. The third-order valence-corrected chi connectivity index (χ3v) is 19.6. The number of ether oxygens (including phenoxy) is 4. The minimum absolute atomic E-state index is 0. The fraction of sp³-hybridized carbons (Fsp3) is 0.792. The van der Waals surface area contributed by atoms with Gasteiger partial charge in [-0.15, -0.1) is 0 Å². The van der Waals surface area contributed by atoms with E-state index >= 15 is 0 Å². The fourth-order valence-electron chi connectivity index (χ4n) is 13.0. The molecule has 0 aromatic heterocycles. The summed E-state index contributed by atoms with van der Waals surface area (Å²) >= 11 is 0. The number of hydrogen-bond donors (Lipinski definition) is 3. The van der Waals surface area contributed by atoms with Gasteiger partial charge in [-0.3, -0.25) is 19.2 Å². The van der Waals surface area contributed by atoms with Crippen LogP contribution < -0.4 is 30.0 Å². The van der Waals surface area contributed by atoms with Gasteiger partial charge in [0, 0.05) is 47.0 Å². The molecule has 6 atom stereocenters. The molecule has 0 saturated carbocycles. The molecular weight excluding hydrogens is 1180 g/mol. The summed E-state index contributed by atoms with van der Waals surface area (Å²) in [4.78, 5) is 53.3. The highest BCUT2D eigenvalue weighted by molar-refractivity contribution is 5.82. The van der Waals surface area contributed by atoms with Crippen LogP contribution in [0.3, 0.4) is 0 Å². The largest absolute Gasteiger partial charge is 0.487 e. The average Bonchev–Trinajstić information content (AvgIpc) is 0.770. The van der Waals surface area contributed by atoms with Gasteiger partial charge in [-0.25, -0.2) is 0 Å². The normalized spacial score (nSPS) is 16.7. The van der Waals surface area contributed by atoms with Gasteiger partial charge in [0.05, 0.1) is 19.3 Å². The molecule has 4 rings (SSSR count). The third-order valence-electron chi connectivity index (χ3n) is 19.6. The first-order valence-electron chi connectivity index (χ1n) is 36.4. The topological polar surface area (TPSA) is 261 Å². The van der Waals surface area contributed by atoms with E-state index in [1.54, 1.807) is 0 Å². The lowest BCUT2D eigenvalue weighted by molar-refractivity contribution is -0.142. The number of hydrogen-bond acceptors (Lipinski definition) is 11. The van der Waals surface area contributed by atoms with Crippen LogP contribution in [0.4, 0.5) is 0 Å². The second kappa shape index (κ2) is 47.4. The number of nitrogens with two attached hydrogens (primary N) is 1. The van der Waals surface area contributed by atoms with Gasteiger partial charge < -0.3 is 35.1 Å². The highest BCUT2D eigenvalue weighted by Gasteiger charge is 2.37. The van der Waals surface area contributed by atoms with E-state index in [0.717, 1.165) is 175 Å². The van der Waals surface area contributed by atoms with Gasteiger partial charge in [0.1, 0.15) is 34.2 Å². The predicted octanol–water partition coefficient (Wildman–Crippen LogP) is 21.4. The van der Waals surface area contributed by atoms with E-state index in [0.29, 0.717) is 31.1 Å². The molecule has 2 aromatic rings. The summed E-state index contributed by atoms with van der Waals surface area (Å²) in [5.74, 6) is 5.84. The number of esters is 2. The highest BCUT2D eigenvalue weighted by Crippen LogP contribution is 2.47. The number of unbranched alkanes of at least 4 members (excludes halogenated alkanes) is 4. The Morgan fingerprint density at radius 2 is 0.872 bits per heavy atom. The first-order valence-corrected chi connectivity index (χ1v) is 36.4. The van der Waals surface area contributed by atoms with Crippen molar-refractivity contribution in [1.82, 2.24) is 5.32 Å². The van der Waals surface area contributed by atoms with Gasteiger partial charge in [0.25, 0.3) is 0 Å². The van der Waals surface area contributed by atoms with Crippen LogP contribution in [-0.2, 0) is 32.0 Å². The second-order valence-electron chi connectivity index (χ2n) is 29.4. The Bertz CT molecular complexity index is 2670. The van der Waals surface area contributed by atoms with Gasteiger partial charge in [0.15, 0.2) is 0 Å². The van der Waals surface area contributed by atoms with Gasteiger partial charge in [-0.1, -0.05) is 176 Å². The SMILES string of the molecule is C.Cc1c(C)c2c(c(C)c1OC(=O)CCC(=O)NCCCCCN=[N+]=[N-])CC[C@@](C)(CCC[C@H](C)CCC[C@H](C)CCCC(C)C)O2.Cc1c(C)c2c(c(C)c1OC(=O)CCC(=O)O)CC[C@@](C)(CCC[C@H](C)CCC[C@H](C)CCCC(C)C)O2.[N-]=[N+]=NCCCCCN. The predicted molar refractivity (Wildman–Crippen MR) is 387 cm³/mol. The number of fused-ring (bicyclic) bond motifs is 2. The van der Waals surface area contributed by atoms with Crippen LogP contribution in [0.25, 0.3) is 20.9 Å². The van der Waals surface area contributed by atoms with Crippen LogP contribution in [0.1, 0.15) is 314 Å². The number of amides is 1. The zero-order valence-corrected chi connectivity index (χ0v) is 61.4. The number of carboxylic acids is 1. The van der Waals surface area contributed by atoms with Crippen LogP contribution in [0.15, 0.2) is 10.2 Å². The second-order valence-corrected chi connectivity index (χ2v) is 29.4. The molecule has 2 aliphatic heterocycles. The maximum Gasteiger partial charge on any atom is 0.311 e. The molecule has 0 unspecified atom stereocenters. The number of azide groups is 2. The lowest BCUT2D eigenvalue weighted by Crippen LogP contribution is -2.37. The standard InChI is InChI=1S/C38H64N4O4.C33H54O5.C5H12N4.CH4/c1-27(2)15-12-16-28(3)17-13-18-29(4)19-14-23-38(8)24-22-33-32(7)36(30(5)31(6)37(33)46-38)45-35(44)21-20-34(43)40-25-10-9-11-26-41-42-39;1-22(2)12-9-13-23(3)14-10-15-24(4)16-11-20-33(8)21-19-28-27(7)31(25(5)26(6)32(28)38-33)37-30(36)18-17-29(34)35;6-4-2-1-3-5-8-9-7;/h27-29H,9-26H2,1-8H3,(H,40,43);22-24H,9-21H2,1-8H3,(H,34,35);1-6H2;1H4/t28-,29-,38-;23-,24-,33-;;/m11../s1. The lowest BCUT2D eigenvalue weighted by Gasteiger charge is -2.38. The average molecular weight is 1320 g/mol. The number of nitrogens with one attached hydrogen (secondary N) is 1. The van der Waals surface area contributed by atoms with Gasteiger partial charge >= 0.3 is 17.9 Å². The molecule has 0 fully saturated rings. The summed E-state index contributed by atoms with van der Waals surface area (Å²) in [5.41, 5.74) is 29.0. The molecule has 4 N–H and O–H groups in total. The smallest absolute Gasteiger partial charge is 0.311 e. The fourth-order valence-corrected chi connectivity index (χ4v) is 13.0. The molecule has 17 heteroatoms. The van der Waals surface area contributed by atoms with Crippen molar-refractivity contribution < 1.29 is 43.2 Å². The van der Waals surface area contributed by atoms with Crippen LogP contribution in [-0.4, -0.2) is 66.3 Å². The van der Waals surface area contributed by atoms with Crippen molar-refractivity contribution in [1.29, 1.82) is 0 Å². The Morgan fingerprint density at radius 1 is 0.511 bits per heavy atom. The van der Waals surface area contributed by atoms with Crippen LogP contribution in [0.2, 0.25) is 0 Å². The molecule has 2 aliphatic rings. The number of benzene rings is 2. The van der Waals surface area contributed by atoms with Crippen molar-refractivity contribution in [3.63, 3.8) is 0 Å². The summed E-state index contributed by atoms with van der Waals surface area (Å²) in [6.45, 7) is 37.8. The van der Waals surface area contributed by atoms with Gasteiger partial charge in [0.2, 0.25) is 5.91 Å². The highest BCUT2D eigenvalue weighted by atomic mass is 16.5. The van der Waals surface area contributed by atoms with Crippen molar-refractivity contribution in [2.45, 2.75) is 335 Å². The molecule has 1 amide bonds. The summed E-state index contributed by atoms with van der Waals surface area (Å²) in [6, 6.07) is 0. The van der Waals surface area contributed by atoms with Crippen LogP contribution >= 0.6 is 0 Å². The zero-order valence-electron chi connectivity index (χ0n) is 61.4. The third kappa shape index (κ3) is 34.4. The molecule has 0 radical (unpaired) electrons. The molecule has 0 saturated heterocycles. The molecule has 17 nitrogen and oxygen atoms in total. The Balaban J connectivity index is 0.000000832. The summed E-state index contributed by atoms with van der Waals surface area (Å²) in [7, 11) is 0. The molecule has 94 heavy (non-hydrogen) atoms. The minimum Gasteiger partial charge on any atom is -0.487 e. The molecule has 536 valence electrons. The molecular formula is C77H134N8O9. The Kier molecular flexibility index (Phi) is 43.6. The monoisotopic (exact) mass is 1320 g/mol. The molecule has 0 bridgehead atoms. The van der Waals surface area contributed by atoms with E-state index in [4.69, 9.17) is 40.8 Å². The Morgan fingerprint density at radius 3 is 1.23 bits per heavy atom. The van der Waals surface area contributed by atoms with Gasteiger partial charge in [-0.05, 0) is 219 Å². The number of aliphatic carboxylic acids is 1. The number of carbonyl (C=O) groups excluding carboxylic acids is 3.